The molecule has 3 rings (SSSR count). The fourth-order valence-corrected chi connectivity index (χ4v) is 3.56. The van der Waals surface area contributed by atoms with Gasteiger partial charge in [-0.05, 0) is 36.5 Å². The van der Waals surface area contributed by atoms with Gasteiger partial charge in [-0.1, -0.05) is 32.8 Å². The van der Waals surface area contributed by atoms with Gasteiger partial charge in [-0.25, -0.2) is 0 Å². The highest BCUT2D eigenvalue weighted by Crippen LogP contribution is 2.44. The van der Waals surface area contributed by atoms with Crippen LogP contribution in [0.15, 0.2) is 23.2 Å². The van der Waals surface area contributed by atoms with Crippen LogP contribution >= 0.6 is 24.0 Å². The molecule has 1 heterocycles. The maximum Gasteiger partial charge on any atom is 0.188 e. The molecular weight excluding hydrogens is 429 g/mol. The van der Waals surface area contributed by atoms with Crippen molar-refractivity contribution in [3.8, 4) is 11.5 Å². The Balaban J connectivity index is 0.00000225. The molecule has 3 N–H and O–H groups in total. The average Bonchev–Trinajstić information content (AvgIpc) is 3.08. The normalized spacial score (nSPS) is 18.8. The number of aliphatic imine (C=N–C) groups is 1. The topological polar surface area (TPSA) is 68.9 Å². The molecule has 1 aromatic rings. The van der Waals surface area contributed by atoms with Gasteiger partial charge in [0.2, 0.25) is 0 Å². The Kier molecular flexibility index (Phi) is 7.22. The number of hydrogen-bond donors (Lipinski definition) is 2. The molecule has 1 aliphatic carbocycles. The monoisotopic (exact) mass is 459 g/mol. The summed E-state index contributed by atoms with van der Waals surface area (Å²) in [5.41, 5.74) is 7.41. The summed E-state index contributed by atoms with van der Waals surface area (Å²) in [6.45, 7) is 7.14. The van der Waals surface area contributed by atoms with E-state index in [0.29, 0.717) is 25.1 Å². The molecule has 0 bridgehead atoms. The summed E-state index contributed by atoms with van der Waals surface area (Å²) >= 11 is 0. The Morgan fingerprint density at radius 1 is 1.20 bits per heavy atom. The van der Waals surface area contributed by atoms with Gasteiger partial charge >= 0.3 is 0 Å². The molecular formula is C19H30IN3O2. The fourth-order valence-electron chi connectivity index (χ4n) is 3.56. The van der Waals surface area contributed by atoms with Gasteiger partial charge in [0.05, 0.1) is 6.54 Å². The molecule has 0 atom stereocenters. The lowest BCUT2D eigenvalue weighted by Gasteiger charge is -2.29. The number of rotatable bonds is 5. The number of nitrogens with two attached hydrogens (primary N) is 1. The number of fused-ring (bicyclic) bond motifs is 1. The second kappa shape index (κ2) is 8.96. The SMILES string of the molecule is CC(C)CNC(N)=NCC1(c2ccc3c(c2)OCCO3)CCCC1.I. The van der Waals surface area contributed by atoms with Crippen LogP contribution in [0.3, 0.4) is 0 Å². The van der Waals surface area contributed by atoms with Gasteiger partial charge in [-0.15, -0.1) is 24.0 Å². The van der Waals surface area contributed by atoms with E-state index in [1.54, 1.807) is 0 Å². The molecule has 0 amide bonds. The molecule has 0 saturated heterocycles. The Bertz CT molecular complexity index is 598. The van der Waals surface area contributed by atoms with Crippen molar-refractivity contribution in [2.75, 3.05) is 26.3 Å². The largest absolute Gasteiger partial charge is 0.486 e. The fraction of sp³-hybridized carbons (Fsp3) is 0.632. The summed E-state index contributed by atoms with van der Waals surface area (Å²) in [6.07, 6.45) is 4.77. The molecule has 1 fully saturated rings. The van der Waals surface area contributed by atoms with Crippen molar-refractivity contribution in [2.45, 2.75) is 44.9 Å². The molecule has 2 aliphatic rings. The third-order valence-electron chi connectivity index (χ3n) is 4.96. The number of hydrogen-bond acceptors (Lipinski definition) is 3. The summed E-state index contributed by atoms with van der Waals surface area (Å²) < 4.78 is 11.4. The third kappa shape index (κ3) is 4.92. The van der Waals surface area contributed by atoms with Gasteiger partial charge in [0.15, 0.2) is 17.5 Å². The minimum absolute atomic E-state index is 0. The molecule has 1 saturated carbocycles. The van der Waals surface area contributed by atoms with Crippen LogP contribution in [0.2, 0.25) is 0 Å². The first-order chi connectivity index (χ1) is 11.6. The average molecular weight is 459 g/mol. The second-order valence-corrected chi connectivity index (χ2v) is 7.32. The van der Waals surface area contributed by atoms with Crippen LogP contribution in [0.5, 0.6) is 11.5 Å². The molecule has 140 valence electrons. The van der Waals surface area contributed by atoms with E-state index in [9.17, 15) is 0 Å². The summed E-state index contributed by atoms with van der Waals surface area (Å²) in [5, 5.41) is 3.21. The van der Waals surface area contributed by atoms with E-state index in [1.807, 2.05) is 6.07 Å². The molecule has 0 spiro atoms. The molecule has 1 aliphatic heterocycles. The smallest absolute Gasteiger partial charge is 0.188 e. The van der Waals surface area contributed by atoms with E-state index < -0.39 is 0 Å². The Morgan fingerprint density at radius 2 is 1.88 bits per heavy atom. The zero-order valence-electron chi connectivity index (χ0n) is 15.2. The van der Waals surface area contributed by atoms with E-state index >= 15 is 0 Å². The van der Waals surface area contributed by atoms with Gasteiger partial charge in [0.25, 0.3) is 0 Å². The van der Waals surface area contributed by atoms with Crippen molar-refractivity contribution >= 4 is 29.9 Å². The zero-order valence-corrected chi connectivity index (χ0v) is 17.5. The Hall–Kier alpha value is -1.18. The second-order valence-electron chi connectivity index (χ2n) is 7.32. The molecule has 0 unspecified atom stereocenters. The number of halogens is 1. The van der Waals surface area contributed by atoms with Crippen LogP contribution in [0.1, 0.15) is 45.1 Å². The standard InChI is InChI=1S/C19H29N3O2.HI/c1-14(2)12-21-18(20)22-13-19(7-3-4-8-19)15-5-6-16-17(11-15)24-10-9-23-16;/h5-6,11,14H,3-4,7-10,12-13H2,1-2H3,(H3,20,21,22);1H. The van der Waals surface area contributed by atoms with E-state index in [1.165, 1.54) is 18.4 Å². The van der Waals surface area contributed by atoms with E-state index in [4.69, 9.17) is 15.2 Å². The van der Waals surface area contributed by atoms with Gasteiger partial charge in [-0.2, -0.15) is 0 Å². The van der Waals surface area contributed by atoms with Crippen molar-refractivity contribution in [3.63, 3.8) is 0 Å². The highest BCUT2D eigenvalue weighted by atomic mass is 127. The van der Waals surface area contributed by atoms with Crippen molar-refractivity contribution in [1.82, 2.24) is 5.32 Å². The Labute approximate surface area is 167 Å². The van der Waals surface area contributed by atoms with Crippen LogP contribution < -0.4 is 20.5 Å². The number of nitrogens with one attached hydrogen (secondary N) is 1. The predicted octanol–water partition coefficient (Wildman–Crippen LogP) is 3.45. The van der Waals surface area contributed by atoms with Crippen molar-refractivity contribution in [2.24, 2.45) is 16.6 Å². The van der Waals surface area contributed by atoms with Crippen LogP contribution in [-0.2, 0) is 5.41 Å². The van der Waals surface area contributed by atoms with Crippen LogP contribution in [0.25, 0.3) is 0 Å². The number of guanidine groups is 1. The molecule has 0 aromatic heterocycles. The molecule has 5 nitrogen and oxygen atoms in total. The van der Waals surface area contributed by atoms with Crippen molar-refractivity contribution in [3.05, 3.63) is 23.8 Å². The maximum absolute atomic E-state index is 6.04. The summed E-state index contributed by atoms with van der Waals surface area (Å²) in [5.74, 6) is 2.81. The van der Waals surface area contributed by atoms with Gasteiger partial charge in [0, 0.05) is 12.0 Å². The van der Waals surface area contributed by atoms with Crippen molar-refractivity contribution in [1.29, 1.82) is 0 Å². The summed E-state index contributed by atoms with van der Waals surface area (Å²) in [7, 11) is 0. The number of ether oxygens (including phenoxy) is 2. The molecule has 25 heavy (non-hydrogen) atoms. The zero-order chi connectivity index (χ0) is 17.0. The van der Waals surface area contributed by atoms with Crippen LogP contribution in [0, 0.1) is 5.92 Å². The van der Waals surface area contributed by atoms with E-state index in [-0.39, 0.29) is 29.4 Å². The third-order valence-corrected chi connectivity index (χ3v) is 4.96. The summed E-state index contributed by atoms with van der Waals surface area (Å²) in [6, 6.07) is 6.35. The quantitative estimate of drug-likeness (QED) is 0.402. The minimum atomic E-state index is 0. The first kappa shape index (κ1) is 20.1. The van der Waals surface area contributed by atoms with Crippen LogP contribution in [-0.4, -0.2) is 32.3 Å². The highest BCUT2D eigenvalue weighted by molar-refractivity contribution is 14.0. The summed E-state index contributed by atoms with van der Waals surface area (Å²) in [4.78, 5) is 4.65. The Morgan fingerprint density at radius 3 is 2.56 bits per heavy atom. The lowest BCUT2D eigenvalue weighted by Crippen LogP contribution is -2.36. The van der Waals surface area contributed by atoms with Gasteiger partial charge in [0.1, 0.15) is 13.2 Å². The highest BCUT2D eigenvalue weighted by Gasteiger charge is 2.36. The van der Waals surface area contributed by atoms with Crippen LogP contribution in [0.4, 0.5) is 0 Å². The number of nitrogens with zero attached hydrogens (tertiary/aromatic N) is 1. The molecule has 6 heteroatoms. The molecule has 0 radical (unpaired) electrons. The lowest BCUT2D eigenvalue weighted by atomic mass is 9.79. The number of benzene rings is 1. The molecule has 1 aromatic carbocycles. The van der Waals surface area contributed by atoms with E-state index in [2.05, 4.69) is 36.3 Å². The minimum Gasteiger partial charge on any atom is -0.486 e. The lowest BCUT2D eigenvalue weighted by molar-refractivity contribution is 0.171. The predicted molar refractivity (Wildman–Crippen MR) is 112 cm³/mol. The first-order valence-electron chi connectivity index (χ1n) is 9.03. The van der Waals surface area contributed by atoms with Gasteiger partial charge < -0.3 is 20.5 Å². The van der Waals surface area contributed by atoms with Gasteiger partial charge in [-0.3, -0.25) is 4.99 Å². The first-order valence-corrected chi connectivity index (χ1v) is 9.03. The maximum atomic E-state index is 6.04. The van der Waals surface area contributed by atoms with Crippen molar-refractivity contribution < 1.29 is 9.47 Å². The van der Waals surface area contributed by atoms with E-state index in [0.717, 1.165) is 37.4 Å².